The standard InChI is InChI=1S/C32H34N6O2/c1-4-9-26-33-30(27-29(36-40-31(27)34-26)25-15-14-23-12-5-6-13-24(23)20-25)37-16-8-17-38(19-18-37)32(39)35-28-21(2)10-7-11-22(28)3/h5-7,10-15,20H,4,8-9,16-19H2,1-3H3,(H,35,39). The Kier molecular flexibility index (Phi) is 7.07. The molecular weight excluding hydrogens is 500 g/mol. The van der Waals surface area contributed by atoms with Gasteiger partial charge >= 0.3 is 6.03 Å². The number of carbonyl (C=O) groups is 1. The third kappa shape index (κ3) is 4.97. The van der Waals surface area contributed by atoms with E-state index in [9.17, 15) is 4.79 Å². The fraction of sp³-hybridized carbons (Fsp3) is 0.312. The van der Waals surface area contributed by atoms with Crippen LogP contribution in [-0.2, 0) is 6.42 Å². The molecule has 1 fully saturated rings. The normalized spacial score (nSPS) is 14.1. The van der Waals surface area contributed by atoms with Gasteiger partial charge in [-0.15, -0.1) is 0 Å². The number of nitrogens with one attached hydrogen (secondary N) is 1. The first-order valence-electron chi connectivity index (χ1n) is 14.0. The smallest absolute Gasteiger partial charge is 0.321 e. The second kappa shape index (κ2) is 11.0. The quantitative estimate of drug-likeness (QED) is 0.268. The Labute approximate surface area is 234 Å². The summed E-state index contributed by atoms with van der Waals surface area (Å²) in [7, 11) is 0. The van der Waals surface area contributed by atoms with E-state index in [2.05, 4.69) is 52.6 Å². The van der Waals surface area contributed by atoms with Crippen LogP contribution in [0.1, 0.15) is 36.7 Å². The average Bonchev–Trinajstić information content (AvgIpc) is 3.23. The molecule has 0 radical (unpaired) electrons. The highest BCUT2D eigenvalue weighted by molar-refractivity contribution is 6.00. The number of fused-ring (bicyclic) bond motifs is 2. The Bertz CT molecular complexity index is 1670. The van der Waals surface area contributed by atoms with E-state index < -0.39 is 0 Å². The van der Waals surface area contributed by atoms with Gasteiger partial charge in [-0.3, -0.25) is 0 Å². The first kappa shape index (κ1) is 25.8. The molecule has 204 valence electrons. The lowest BCUT2D eigenvalue weighted by Gasteiger charge is -2.24. The van der Waals surface area contributed by atoms with Crippen molar-refractivity contribution in [1.82, 2.24) is 20.0 Å². The van der Waals surface area contributed by atoms with Gasteiger partial charge in [0.15, 0.2) is 0 Å². The summed E-state index contributed by atoms with van der Waals surface area (Å²) < 4.78 is 5.81. The van der Waals surface area contributed by atoms with Crippen molar-refractivity contribution < 1.29 is 9.32 Å². The molecule has 1 N–H and O–H groups in total. The number of hydrogen-bond donors (Lipinski definition) is 1. The maximum Gasteiger partial charge on any atom is 0.321 e. The van der Waals surface area contributed by atoms with Crippen LogP contribution in [0.5, 0.6) is 0 Å². The molecule has 0 spiro atoms. The highest BCUT2D eigenvalue weighted by atomic mass is 16.5. The van der Waals surface area contributed by atoms with Crippen molar-refractivity contribution in [2.24, 2.45) is 0 Å². The molecule has 5 aromatic rings. The summed E-state index contributed by atoms with van der Waals surface area (Å²) in [5.41, 5.74) is 5.23. The van der Waals surface area contributed by atoms with Crippen LogP contribution in [0, 0.1) is 13.8 Å². The molecule has 6 rings (SSSR count). The molecule has 0 saturated carbocycles. The van der Waals surface area contributed by atoms with Crippen molar-refractivity contribution in [1.29, 1.82) is 0 Å². The number of urea groups is 1. The number of aromatic nitrogens is 3. The SMILES string of the molecule is CCCc1nc(N2CCCN(C(=O)Nc3c(C)cccc3C)CC2)c2c(-c3ccc4ccccc4c3)noc2n1. The van der Waals surface area contributed by atoms with E-state index in [4.69, 9.17) is 14.5 Å². The van der Waals surface area contributed by atoms with Crippen LogP contribution in [0.4, 0.5) is 16.3 Å². The molecule has 0 bridgehead atoms. The second-order valence-electron chi connectivity index (χ2n) is 10.5. The van der Waals surface area contributed by atoms with Crippen LogP contribution >= 0.6 is 0 Å². The Balaban J connectivity index is 1.32. The van der Waals surface area contributed by atoms with Gasteiger partial charge in [0.1, 0.15) is 22.7 Å². The lowest BCUT2D eigenvalue weighted by molar-refractivity contribution is 0.215. The van der Waals surface area contributed by atoms with Gasteiger partial charge < -0.3 is 19.6 Å². The van der Waals surface area contributed by atoms with Crippen molar-refractivity contribution in [2.45, 2.75) is 40.0 Å². The third-order valence-corrected chi connectivity index (χ3v) is 7.66. The van der Waals surface area contributed by atoms with Crippen molar-refractivity contribution in [3.8, 4) is 11.3 Å². The summed E-state index contributed by atoms with van der Waals surface area (Å²) in [5.74, 6) is 1.58. The monoisotopic (exact) mass is 534 g/mol. The van der Waals surface area contributed by atoms with E-state index in [0.717, 1.165) is 76.3 Å². The van der Waals surface area contributed by atoms with E-state index in [0.29, 0.717) is 25.3 Å². The third-order valence-electron chi connectivity index (χ3n) is 7.66. The predicted octanol–water partition coefficient (Wildman–Crippen LogP) is 6.75. The van der Waals surface area contributed by atoms with Gasteiger partial charge in [0.05, 0.1) is 0 Å². The zero-order valence-corrected chi connectivity index (χ0v) is 23.3. The number of nitrogens with zero attached hydrogens (tertiary/aromatic N) is 5. The number of anilines is 2. The van der Waals surface area contributed by atoms with Crippen LogP contribution in [-0.4, -0.2) is 52.2 Å². The fourth-order valence-electron chi connectivity index (χ4n) is 5.51. The van der Waals surface area contributed by atoms with E-state index in [-0.39, 0.29) is 6.03 Å². The fourth-order valence-corrected chi connectivity index (χ4v) is 5.51. The van der Waals surface area contributed by atoms with E-state index in [1.807, 2.05) is 49.1 Å². The number of amides is 2. The van der Waals surface area contributed by atoms with Crippen molar-refractivity contribution >= 4 is 39.4 Å². The first-order valence-corrected chi connectivity index (χ1v) is 14.0. The Morgan fingerprint density at radius 3 is 2.52 bits per heavy atom. The van der Waals surface area contributed by atoms with Crippen LogP contribution in [0.25, 0.3) is 33.1 Å². The minimum Gasteiger partial charge on any atom is -0.354 e. The summed E-state index contributed by atoms with van der Waals surface area (Å²) in [6, 6.07) is 20.6. The summed E-state index contributed by atoms with van der Waals surface area (Å²) in [4.78, 5) is 27.2. The van der Waals surface area contributed by atoms with Crippen LogP contribution < -0.4 is 10.2 Å². The summed E-state index contributed by atoms with van der Waals surface area (Å²) >= 11 is 0. The van der Waals surface area contributed by atoms with Crippen LogP contribution in [0.2, 0.25) is 0 Å². The minimum atomic E-state index is -0.0689. The lowest BCUT2D eigenvalue weighted by Crippen LogP contribution is -2.38. The molecule has 40 heavy (non-hydrogen) atoms. The number of carbonyl (C=O) groups excluding carboxylic acids is 1. The van der Waals surface area contributed by atoms with Gasteiger partial charge in [0, 0.05) is 43.9 Å². The number of rotatable bonds is 5. The molecule has 8 heteroatoms. The summed E-state index contributed by atoms with van der Waals surface area (Å²) in [6.07, 6.45) is 2.52. The molecule has 8 nitrogen and oxygen atoms in total. The van der Waals surface area contributed by atoms with E-state index in [1.165, 1.54) is 5.39 Å². The first-order chi connectivity index (χ1) is 19.5. The van der Waals surface area contributed by atoms with Gasteiger partial charge in [-0.05, 0) is 54.7 Å². The molecule has 1 saturated heterocycles. The van der Waals surface area contributed by atoms with Crippen molar-refractivity contribution in [2.75, 3.05) is 36.4 Å². The van der Waals surface area contributed by atoms with Crippen LogP contribution in [0.15, 0.2) is 65.2 Å². The largest absolute Gasteiger partial charge is 0.354 e. The highest BCUT2D eigenvalue weighted by Crippen LogP contribution is 2.35. The molecule has 2 amide bonds. The molecule has 3 aromatic carbocycles. The molecule has 0 atom stereocenters. The topological polar surface area (TPSA) is 87.4 Å². The Morgan fingerprint density at radius 2 is 1.73 bits per heavy atom. The average molecular weight is 535 g/mol. The van der Waals surface area contributed by atoms with Gasteiger partial charge in [0.2, 0.25) is 0 Å². The minimum absolute atomic E-state index is 0.0689. The van der Waals surface area contributed by atoms with E-state index >= 15 is 0 Å². The van der Waals surface area contributed by atoms with Crippen molar-refractivity contribution in [3.63, 3.8) is 0 Å². The van der Waals surface area contributed by atoms with Gasteiger partial charge in [0.25, 0.3) is 5.71 Å². The molecular formula is C32H34N6O2. The lowest BCUT2D eigenvalue weighted by atomic mass is 10.0. The van der Waals surface area contributed by atoms with E-state index in [1.54, 1.807) is 0 Å². The zero-order chi connectivity index (χ0) is 27.6. The van der Waals surface area contributed by atoms with Crippen LogP contribution in [0.3, 0.4) is 0 Å². The Morgan fingerprint density at radius 1 is 0.925 bits per heavy atom. The molecule has 0 unspecified atom stereocenters. The maximum absolute atomic E-state index is 13.3. The summed E-state index contributed by atoms with van der Waals surface area (Å²) in [5, 5.41) is 10.8. The molecule has 1 aliphatic rings. The predicted molar refractivity (Wildman–Crippen MR) is 160 cm³/mol. The Hall–Kier alpha value is -4.46. The summed E-state index contributed by atoms with van der Waals surface area (Å²) in [6.45, 7) is 8.84. The zero-order valence-electron chi connectivity index (χ0n) is 23.3. The van der Waals surface area contributed by atoms with Gasteiger partial charge in [-0.25, -0.2) is 9.78 Å². The molecule has 0 aliphatic carbocycles. The number of para-hydroxylation sites is 1. The highest BCUT2D eigenvalue weighted by Gasteiger charge is 2.26. The van der Waals surface area contributed by atoms with Gasteiger partial charge in [-0.2, -0.15) is 4.98 Å². The number of hydrogen-bond acceptors (Lipinski definition) is 6. The number of benzene rings is 3. The van der Waals surface area contributed by atoms with Gasteiger partial charge in [-0.1, -0.05) is 66.7 Å². The molecule has 1 aliphatic heterocycles. The molecule has 3 heterocycles. The second-order valence-corrected chi connectivity index (χ2v) is 10.5. The maximum atomic E-state index is 13.3. The molecule has 2 aromatic heterocycles. The van der Waals surface area contributed by atoms with Crippen molar-refractivity contribution in [3.05, 3.63) is 77.6 Å². The number of aryl methyl sites for hydroxylation is 3.